The minimum atomic E-state index is -3.04. The molecule has 1 N–H and O–H groups in total. The molecule has 2 heterocycles. The van der Waals surface area contributed by atoms with E-state index in [4.69, 9.17) is 0 Å². The summed E-state index contributed by atoms with van der Waals surface area (Å²) in [7, 11) is -3.04. The number of benzene rings is 1. The molecule has 1 aliphatic heterocycles. The molecule has 6 nitrogen and oxygen atoms in total. The van der Waals surface area contributed by atoms with Crippen molar-refractivity contribution < 1.29 is 17.6 Å². The molecule has 1 aliphatic rings. The van der Waals surface area contributed by atoms with Crippen LogP contribution in [0.15, 0.2) is 36.5 Å². The molecular formula is C15H16FN3O3S. The van der Waals surface area contributed by atoms with Crippen molar-refractivity contribution in [2.45, 2.75) is 18.9 Å². The van der Waals surface area contributed by atoms with Crippen LogP contribution in [0.4, 0.5) is 10.2 Å². The summed E-state index contributed by atoms with van der Waals surface area (Å²) in [5.41, 5.74) is 0.567. The first-order valence-corrected chi connectivity index (χ1v) is 9.03. The van der Waals surface area contributed by atoms with E-state index < -0.39 is 15.7 Å². The van der Waals surface area contributed by atoms with Crippen LogP contribution < -0.4 is 5.32 Å². The Labute approximate surface area is 133 Å². The van der Waals surface area contributed by atoms with Gasteiger partial charge in [-0.3, -0.25) is 4.79 Å². The lowest BCUT2D eigenvalue weighted by molar-refractivity contribution is -0.115. The van der Waals surface area contributed by atoms with Gasteiger partial charge in [0.25, 0.3) is 0 Å². The first kappa shape index (κ1) is 15.7. The Morgan fingerprint density at radius 3 is 2.91 bits per heavy atom. The zero-order valence-corrected chi connectivity index (χ0v) is 13.1. The molecule has 0 aliphatic carbocycles. The standard InChI is InChI=1S/C15H16FN3O3S/c16-12-3-1-2-11(8-12)9-15(20)18-14-4-6-17-19(14)13-5-7-23(21,22)10-13/h1-4,6,8,13H,5,7,9-10H2,(H,18,20). The van der Waals surface area contributed by atoms with E-state index in [1.807, 2.05) is 0 Å². The second-order valence-electron chi connectivity index (χ2n) is 5.57. The summed E-state index contributed by atoms with van der Waals surface area (Å²) in [6, 6.07) is 7.19. The molecule has 8 heteroatoms. The first-order valence-electron chi connectivity index (χ1n) is 7.21. The lowest BCUT2D eigenvalue weighted by Crippen LogP contribution is -2.20. The van der Waals surface area contributed by atoms with E-state index in [1.54, 1.807) is 18.2 Å². The molecule has 1 unspecified atom stereocenters. The maximum absolute atomic E-state index is 13.1. The SMILES string of the molecule is O=C(Cc1cccc(F)c1)Nc1ccnn1C1CCS(=O)(=O)C1. The van der Waals surface area contributed by atoms with Gasteiger partial charge in [-0.15, -0.1) is 0 Å². The summed E-state index contributed by atoms with van der Waals surface area (Å²) in [5.74, 6) is -0.0847. The Morgan fingerprint density at radius 2 is 2.22 bits per heavy atom. The number of hydrogen-bond donors (Lipinski definition) is 1. The van der Waals surface area contributed by atoms with Gasteiger partial charge in [-0.25, -0.2) is 17.5 Å². The zero-order valence-electron chi connectivity index (χ0n) is 12.3. The maximum atomic E-state index is 13.1. The van der Waals surface area contributed by atoms with Gasteiger partial charge in [-0.2, -0.15) is 5.10 Å². The maximum Gasteiger partial charge on any atom is 0.229 e. The molecule has 1 aromatic heterocycles. The van der Waals surface area contributed by atoms with Crippen molar-refractivity contribution in [2.24, 2.45) is 0 Å². The molecule has 2 aromatic rings. The number of nitrogens with one attached hydrogen (secondary N) is 1. The molecule has 1 amide bonds. The Hall–Kier alpha value is -2.22. The van der Waals surface area contributed by atoms with Gasteiger partial charge in [0.2, 0.25) is 5.91 Å². The second kappa shape index (κ2) is 6.11. The molecule has 3 rings (SSSR count). The summed E-state index contributed by atoms with van der Waals surface area (Å²) in [5, 5.41) is 6.82. The number of amides is 1. The number of aromatic nitrogens is 2. The topological polar surface area (TPSA) is 81.1 Å². The molecule has 122 valence electrons. The average molecular weight is 337 g/mol. The fraction of sp³-hybridized carbons (Fsp3) is 0.333. The average Bonchev–Trinajstić information content (AvgIpc) is 3.04. The fourth-order valence-electron chi connectivity index (χ4n) is 2.69. The first-order chi connectivity index (χ1) is 10.9. The quantitative estimate of drug-likeness (QED) is 0.918. The Morgan fingerprint density at radius 1 is 1.39 bits per heavy atom. The highest BCUT2D eigenvalue weighted by molar-refractivity contribution is 7.91. The molecule has 1 aromatic carbocycles. The van der Waals surface area contributed by atoms with Gasteiger partial charge in [0.15, 0.2) is 9.84 Å². The third-order valence-electron chi connectivity index (χ3n) is 3.75. The van der Waals surface area contributed by atoms with E-state index in [-0.39, 0.29) is 29.9 Å². The number of sulfone groups is 1. The number of halogens is 1. The van der Waals surface area contributed by atoms with Gasteiger partial charge < -0.3 is 5.32 Å². The van der Waals surface area contributed by atoms with E-state index in [0.29, 0.717) is 17.8 Å². The van der Waals surface area contributed by atoms with Gasteiger partial charge >= 0.3 is 0 Å². The largest absolute Gasteiger partial charge is 0.311 e. The van der Waals surface area contributed by atoms with Crippen molar-refractivity contribution in [1.82, 2.24) is 9.78 Å². The predicted octanol–water partition coefficient (Wildman–Crippen LogP) is 1.56. The third-order valence-corrected chi connectivity index (χ3v) is 5.50. The number of hydrogen-bond acceptors (Lipinski definition) is 4. The number of nitrogens with zero attached hydrogens (tertiary/aromatic N) is 2. The van der Waals surface area contributed by atoms with Crippen molar-refractivity contribution in [3.63, 3.8) is 0 Å². The van der Waals surface area contributed by atoms with Crippen molar-refractivity contribution in [3.8, 4) is 0 Å². The number of anilines is 1. The minimum Gasteiger partial charge on any atom is -0.311 e. The Kier molecular flexibility index (Phi) is 4.16. The van der Waals surface area contributed by atoms with Crippen LogP contribution in [0.2, 0.25) is 0 Å². The Bertz CT molecular complexity index is 832. The van der Waals surface area contributed by atoms with Gasteiger partial charge in [0.1, 0.15) is 11.6 Å². The van der Waals surface area contributed by atoms with E-state index in [9.17, 15) is 17.6 Å². The van der Waals surface area contributed by atoms with Crippen LogP contribution in [0.1, 0.15) is 18.0 Å². The van der Waals surface area contributed by atoms with Gasteiger partial charge in [-0.1, -0.05) is 12.1 Å². The summed E-state index contributed by atoms with van der Waals surface area (Å²) < 4.78 is 37.8. The molecule has 1 saturated heterocycles. The molecule has 0 spiro atoms. The summed E-state index contributed by atoms with van der Waals surface area (Å²) >= 11 is 0. The minimum absolute atomic E-state index is 0.0292. The summed E-state index contributed by atoms with van der Waals surface area (Å²) in [6.07, 6.45) is 2.03. The highest BCUT2D eigenvalue weighted by Gasteiger charge is 2.30. The third kappa shape index (κ3) is 3.76. The highest BCUT2D eigenvalue weighted by atomic mass is 32.2. The predicted molar refractivity (Wildman–Crippen MR) is 83.3 cm³/mol. The van der Waals surface area contributed by atoms with Crippen molar-refractivity contribution in [1.29, 1.82) is 0 Å². The number of carbonyl (C=O) groups excluding carboxylic acids is 1. The zero-order chi connectivity index (χ0) is 16.4. The smallest absolute Gasteiger partial charge is 0.229 e. The van der Waals surface area contributed by atoms with Gasteiger partial charge in [-0.05, 0) is 24.1 Å². The highest BCUT2D eigenvalue weighted by Crippen LogP contribution is 2.26. The Balaban J connectivity index is 1.69. The second-order valence-corrected chi connectivity index (χ2v) is 7.80. The van der Waals surface area contributed by atoms with E-state index >= 15 is 0 Å². The number of carbonyl (C=O) groups is 1. The number of rotatable bonds is 4. The van der Waals surface area contributed by atoms with E-state index in [1.165, 1.54) is 23.0 Å². The van der Waals surface area contributed by atoms with Crippen LogP contribution in [0.25, 0.3) is 0 Å². The van der Waals surface area contributed by atoms with E-state index in [2.05, 4.69) is 10.4 Å². The van der Waals surface area contributed by atoms with Crippen LogP contribution in [0, 0.1) is 5.82 Å². The van der Waals surface area contributed by atoms with E-state index in [0.717, 1.165) is 0 Å². The normalized spacial score (nSPS) is 19.6. The molecule has 1 atom stereocenters. The summed E-state index contributed by atoms with van der Waals surface area (Å²) in [4.78, 5) is 12.1. The van der Waals surface area contributed by atoms with Crippen molar-refractivity contribution in [3.05, 3.63) is 47.9 Å². The van der Waals surface area contributed by atoms with Crippen LogP contribution in [-0.4, -0.2) is 35.6 Å². The monoisotopic (exact) mass is 337 g/mol. The fourth-order valence-corrected chi connectivity index (χ4v) is 4.38. The summed E-state index contributed by atoms with van der Waals surface area (Å²) in [6.45, 7) is 0. The molecule has 0 bridgehead atoms. The van der Waals surface area contributed by atoms with Crippen LogP contribution >= 0.6 is 0 Å². The molecule has 0 radical (unpaired) electrons. The molecular weight excluding hydrogens is 321 g/mol. The molecule has 1 fully saturated rings. The molecule has 0 saturated carbocycles. The van der Waals surface area contributed by atoms with Crippen LogP contribution in [-0.2, 0) is 21.1 Å². The lowest BCUT2D eigenvalue weighted by Gasteiger charge is -2.13. The molecule has 23 heavy (non-hydrogen) atoms. The lowest BCUT2D eigenvalue weighted by atomic mass is 10.1. The van der Waals surface area contributed by atoms with Gasteiger partial charge in [0.05, 0.1) is 30.2 Å². The van der Waals surface area contributed by atoms with Crippen LogP contribution in [0.3, 0.4) is 0 Å². The van der Waals surface area contributed by atoms with Gasteiger partial charge in [0, 0.05) is 6.07 Å². The van der Waals surface area contributed by atoms with Crippen molar-refractivity contribution >= 4 is 21.6 Å². The van der Waals surface area contributed by atoms with Crippen LogP contribution in [0.5, 0.6) is 0 Å². The van der Waals surface area contributed by atoms with Crippen molar-refractivity contribution in [2.75, 3.05) is 16.8 Å².